The second-order valence-corrected chi connectivity index (χ2v) is 6.94. The Kier molecular flexibility index (Phi) is 4.65. The molecule has 0 aliphatic heterocycles. The number of hydrogen-bond donors (Lipinski definition) is 0. The third-order valence-electron chi connectivity index (χ3n) is 4.71. The van der Waals surface area contributed by atoms with E-state index in [4.69, 9.17) is 9.62 Å². The van der Waals surface area contributed by atoms with E-state index in [1.54, 1.807) is 6.33 Å². The predicted octanol–water partition coefficient (Wildman–Crippen LogP) is 3.73. The highest BCUT2D eigenvalue weighted by molar-refractivity contribution is 5.70. The van der Waals surface area contributed by atoms with Gasteiger partial charge in [-0.05, 0) is 26.0 Å². The van der Waals surface area contributed by atoms with E-state index in [0.29, 0.717) is 6.54 Å². The van der Waals surface area contributed by atoms with Gasteiger partial charge in [0.2, 0.25) is 0 Å². The molecule has 0 aliphatic carbocycles. The lowest BCUT2D eigenvalue weighted by Crippen LogP contribution is -2.10. The minimum absolute atomic E-state index is 0.638. The molecule has 3 heterocycles. The molecule has 0 saturated heterocycles. The van der Waals surface area contributed by atoms with Crippen molar-refractivity contribution in [3.05, 3.63) is 65.9 Å². The predicted molar refractivity (Wildman–Crippen MR) is 108 cm³/mol. The number of hydrogen-bond acceptors (Lipinski definition) is 6. The van der Waals surface area contributed by atoms with Gasteiger partial charge >= 0.3 is 0 Å². The number of rotatable bonds is 5. The molecule has 0 saturated carbocycles. The monoisotopic (exact) mass is 374 g/mol. The van der Waals surface area contributed by atoms with Crippen LogP contribution in [0.5, 0.6) is 0 Å². The van der Waals surface area contributed by atoms with Crippen LogP contribution in [0.3, 0.4) is 0 Å². The molecule has 3 aromatic heterocycles. The molecular formula is C21H22N6O. The van der Waals surface area contributed by atoms with Crippen molar-refractivity contribution in [3.8, 4) is 22.5 Å². The van der Waals surface area contributed by atoms with Crippen LogP contribution >= 0.6 is 0 Å². The lowest BCUT2D eigenvalue weighted by molar-refractivity contribution is 0.391. The average Bonchev–Trinajstić information content (AvgIpc) is 3.30. The molecule has 142 valence electrons. The first-order valence-electron chi connectivity index (χ1n) is 9.06. The summed E-state index contributed by atoms with van der Waals surface area (Å²) in [5.74, 6) is 1.70. The van der Waals surface area contributed by atoms with E-state index < -0.39 is 0 Å². The Morgan fingerprint density at radius 3 is 2.50 bits per heavy atom. The molecule has 4 aromatic rings. The van der Waals surface area contributed by atoms with Gasteiger partial charge in [-0.2, -0.15) is 5.10 Å². The van der Waals surface area contributed by atoms with Crippen molar-refractivity contribution in [2.45, 2.75) is 20.4 Å². The van der Waals surface area contributed by atoms with Gasteiger partial charge in [-0.3, -0.25) is 4.68 Å². The van der Waals surface area contributed by atoms with Crippen LogP contribution in [0.4, 0.5) is 5.82 Å². The summed E-state index contributed by atoms with van der Waals surface area (Å²) in [6, 6.07) is 12.2. The first-order chi connectivity index (χ1) is 13.5. The summed E-state index contributed by atoms with van der Waals surface area (Å²) < 4.78 is 7.15. The summed E-state index contributed by atoms with van der Waals surface area (Å²) in [5.41, 5.74) is 5.84. The molecule has 0 amide bonds. The summed E-state index contributed by atoms with van der Waals surface area (Å²) in [6.45, 7) is 4.51. The SMILES string of the molecule is Cc1noc(C)c1Cn1ccc(-c2cccc(-c3cc(N(C)C)ncn3)c2)n1. The molecule has 0 radical (unpaired) electrons. The smallest absolute Gasteiger partial charge is 0.138 e. The van der Waals surface area contributed by atoms with Crippen LogP contribution in [-0.4, -0.2) is 39.0 Å². The Morgan fingerprint density at radius 1 is 1.00 bits per heavy atom. The van der Waals surface area contributed by atoms with E-state index in [1.165, 1.54) is 0 Å². The third kappa shape index (κ3) is 3.51. The van der Waals surface area contributed by atoms with Gasteiger partial charge in [0.1, 0.15) is 17.9 Å². The van der Waals surface area contributed by atoms with Crippen LogP contribution in [0, 0.1) is 13.8 Å². The minimum Gasteiger partial charge on any atom is -0.363 e. The highest BCUT2D eigenvalue weighted by Gasteiger charge is 2.11. The Hall–Kier alpha value is -3.48. The highest BCUT2D eigenvalue weighted by atomic mass is 16.5. The zero-order valence-electron chi connectivity index (χ0n) is 16.4. The Balaban J connectivity index is 1.62. The van der Waals surface area contributed by atoms with Gasteiger partial charge in [0, 0.05) is 43.0 Å². The zero-order chi connectivity index (χ0) is 19.7. The van der Waals surface area contributed by atoms with Crippen LogP contribution in [0.15, 0.2) is 53.4 Å². The van der Waals surface area contributed by atoms with E-state index >= 15 is 0 Å². The van der Waals surface area contributed by atoms with Crippen molar-refractivity contribution in [1.29, 1.82) is 0 Å². The highest BCUT2D eigenvalue weighted by Crippen LogP contribution is 2.26. The Morgan fingerprint density at radius 2 is 1.79 bits per heavy atom. The summed E-state index contributed by atoms with van der Waals surface area (Å²) in [5, 5.41) is 8.73. The van der Waals surface area contributed by atoms with Gasteiger partial charge in [0.15, 0.2) is 0 Å². The molecule has 1 aromatic carbocycles. The van der Waals surface area contributed by atoms with Crippen molar-refractivity contribution >= 4 is 5.82 Å². The second kappa shape index (κ2) is 7.26. The third-order valence-corrected chi connectivity index (χ3v) is 4.71. The van der Waals surface area contributed by atoms with Gasteiger partial charge < -0.3 is 9.42 Å². The molecule has 7 nitrogen and oxygen atoms in total. The van der Waals surface area contributed by atoms with Crippen LogP contribution < -0.4 is 4.90 Å². The number of benzene rings is 1. The number of aryl methyl sites for hydroxylation is 2. The molecule has 28 heavy (non-hydrogen) atoms. The maximum absolute atomic E-state index is 5.24. The largest absolute Gasteiger partial charge is 0.363 e. The minimum atomic E-state index is 0.638. The van der Waals surface area contributed by atoms with E-state index in [-0.39, 0.29) is 0 Å². The lowest BCUT2D eigenvalue weighted by Gasteiger charge is -2.11. The topological polar surface area (TPSA) is 72.9 Å². The summed E-state index contributed by atoms with van der Waals surface area (Å²) in [7, 11) is 3.93. The summed E-state index contributed by atoms with van der Waals surface area (Å²) in [6.07, 6.45) is 3.57. The van der Waals surface area contributed by atoms with Crippen LogP contribution in [0.1, 0.15) is 17.0 Å². The van der Waals surface area contributed by atoms with Crippen LogP contribution in [0.25, 0.3) is 22.5 Å². The summed E-state index contributed by atoms with van der Waals surface area (Å²) >= 11 is 0. The maximum Gasteiger partial charge on any atom is 0.138 e. The van der Waals surface area contributed by atoms with Gasteiger partial charge in [0.25, 0.3) is 0 Å². The van der Waals surface area contributed by atoms with E-state index in [0.717, 1.165) is 45.4 Å². The fourth-order valence-corrected chi connectivity index (χ4v) is 3.08. The van der Waals surface area contributed by atoms with Crippen molar-refractivity contribution in [2.24, 2.45) is 0 Å². The Bertz CT molecular complexity index is 1090. The fraction of sp³-hybridized carbons (Fsp3) is 0.238. The van der Waals surface area contributed by atoms with Gasteiger partial charge in [0.05, 0.1) is 23.6 Å². The number of anilines is 1. The molecule has 0 fully saturated rings. The zero-order valence-corrected chi connectivity index (χ0v) is 16.4. The molecule has 0 atom stereocenters. The van der Waals surface area contributed by atoms with Crippen molar-refractivity contribution in [3.63, 3.8) is 0 Å². The molecule has 0 aliphatic rings. The van der Waals surface area contributed by atoms with E-state index in [2.05, 4.69) is 27.3 Å². The van der Waals surface area contributed by atoms with Crippen LogP contribution in [-0.2, 0) is 6.54 Å². The molecule has 7 heteroatoms. The second-order valence-electron chi connectivity index (χ2n) is 6.94. The Labute approximate surface area is 163 Å². The van der Waals surface area contributed by atoms with Crippen molar-refractivity contribution < 1.29 is 4.52 Å². The van der Waals surface area contributed by atoms with E-state index in [9.17, 15) is 0 Å². The molecule has 4 rings (SSSR count). The van der Waals surface area contributed by atoms with Crippen molar-refractivity contribution in [2.75, 3.05) is 19.0 Å². The first-order valence-corrected chi connectivity index (χ1v) is 9.06. The van der Waals surface area contributed by atoms with Gasteiger partial charge in [-0.15, -0.1) is 0 Å². The summed E-state index contributed by atoms with van der Waals surface area (Å²) in [4.78, 5) is 10.7. The molecule has 0 spiro atoms. The van der Waals surface area contributed by atoms with Gasteiger partial charge in [-0.25, -0.2) is 9.97 Å². The maximum atomic E-state index is 5.24. The van der Waals surface area contributed by atoms with Crippen LogP contribution in [0.2, 0.25) is 0 Å². The van der Waals surface area contributed by atoms with Crippen molar-refractivity contribution in [1.82, 2.24) is 24.9 Å². The van der Waals surface area contributed by atoms with E-state index in [1.807, 2.05) is 68.0 Å². The molecular weight excluding hydrogens is 352 g/mol. The molecule has 0 N–H and O–H groups in total. The molecule has 0 unspecified atom stereocenters. The fourth-order valence-electron chi connectivity index (χ4n) is 3.08. The molecule has 0 bridgehead atoms. The average molecular weight is 374 g/mol. The van der Waals surface area contributed by atoms with Gasteiger partial charge in [-0.1, -0.05) is 23.4 Å². The number of nitrogens with zero attached hydrogens (tertiary/aromatic N) is 6. The standard InChI is InChI=1S/C21H22N6O/c1-14-18(15(2)28-25-14)12-27-9-8-19(24-27)16-6-5-7-17(10-16)20-11-21(26(3)4)23-13-22-20/h5-11,13H,12H2,1-4H3. The quantitative estimate of drug-likeness (QED) is 0.530. The normalized spacial score (nSPS) is 11.0. The lowest BCUT2D eigenvalue weighted by atomic mass is 10.1. The number of aromatic nitrogens is 5. The first kappa shape index (κ1) is 17.9.